The number of rotatable bonds is 4. The van der Waals surface area contributed by atoms with Gasteiger partial charge in [-0.25, -0.2) is 0 Å². The number of alkyl halides is 3. The molecule has 1 aromatic carbocycles. The number of primary amides is 1. The molecular formula is C17H23ClF3N3O2. The molecule has 1 aliphatic rings. The summed E-state index contributed by atoms with van der Waals surface area (Å²) in [7, 11) is 0. The molecule has 5 nitrogen and oxygen atoms in total. The Morgan fingerprint density at radius 3 is 2.35 bits per heavy atom. The van der Waals surface area contributed by atoms with Crippen molar-refractivity contribution in [3.8, 4) is 0 Å². The average Bonchev–Trinajstić information content (AvgIpc) is 2.53. The first-order valence-electron chi connectivity index (χ1n) is 8.09. The highest BCUT2D eigenvalue weighted by Gasteiger charge is 2.39. The lowest BCUT2D eigenvalue weighted by molar-refractivity contribution is -0.138. The molecular weight excluding hydrogens is 371 g/mol. The summed E-state index contributed by atoms with van der Waals surface area (Å²) in [5.41, 5.74) is 8.62. The molecule has 3 unspecified atom stereocenters. The van der Waals surface area contributed by atoms with Gasteiger partial charge in [0.1, 0.15) is 5.54 Å². The van der Waals surface area contributed by atoms with Crippen molar-refractivity contribution in [2.45, 2.75) is 50.4 Å². The van der Waals surface area contributed by atoms with Gasteiger partial charge in [-0.2, -0.15) is 13.2 Å². The van der Waals surface area contributed by atoms with Crippen LogP contribution in [0.25, 0.3) is 0 Å². The highest BCUT2D eigenvalue weighted by atomic mass is 35.5. The van der Waals surface area contributed by atoms with Gasteiger partial charge in [-0.05, 0) is 43.9 Å². The molecule has 1 aromatic rings. The topological polar surface area (TPSA) is 98.2 Å². The van der Waals surface area contributed by atoms with Crippen LogP contribution in [0.3, 0.4) is 0 Å². The fraction of sp³-hybridized carbons (Fsp3) is 0.529. The molecule has 0 aromatic heterocycles. The van der Waals surface area contributed by atoms with E-state index >= 15 is 0 Å². The molecule has 1 saturated carbocycles. The van der Waals surface area contributed by atoms with E-state index in [9.17, 15) is 22.8 Å². The summed E-state index contributed by atoms with van der Waals surface area (Å²) < 4.78 is 38.8. The summed E-state index contributed by atoms with van der Waals surface area (Å²) >= 11 is 0. The molecule has 0 bridgehead atoms. The Balaban J connectivity index is 0.00000338. The van der Waals surface area contributed by atoms with Crippen LogP contribution in [0.4, 0.5) is 13.2 Å². The van der Waals surface area contributed by atoms with Gasteiger partial charge in [-0.1, -0.05) is 18.6 Å². The van der Waals surface area contributed by atoms with E-state index in [-0.39, 0.29) is 29.9 Å². The van der Waals surface area contributed by atoms with Crippen LogP contribution < -0.4 is 16.8 Å². The maximum atomic E-state index is 12.9. The minimum absolute atomic E-state index is 0. The van der Waals surface area contributed by atoms with Crippen LogP contribution in [0.5, 0.6) is 0 Å². The zero-order chi connectivity index (χ0) is 18.8. The van der Waals surface area contributed by atoms with Crippen molar-refractivity contribution >= 4 is 24.2 Å². The summed E-state index contributed by atoms with van der Waals surface area (Å²) in [6, 6.07) is 4.15. The fourth-order valence-electron chi connectivity index (χ4n) is 3.10. The van der Waals surface area contributed by atoms with Gasteiger partial charge < -0.3 is 16.8 Å². The van der Waals surface area contributed by atoms with Gasteiger partial charge in [0, 0.05) is 12.0 Å². The molecule has 5 N–H and O–H groups in total. The largest absolute Gasteiger partial charge is 0.416 e. The van der Waals surface area contributed by atoms with Crippen LogP contribution in [0.2, 0.25) is 0 Å². The predicted molar refractivity (Wildman–Crippen MR) is 93.3 cm³/mol. The van der Waals surface area contributed by atoms with Crippen LogP contribution in [0, 0.1) is 5.92 Å². The van der Waals surface area contributed by atoms with Gasteiger partial charge in [0.2, 0.25) is 11.8 Å². The Kier molecular flexibility index (Phi) is 7.07. The molecule has 2 rings (SSSR count). The summed E-state index contributed by atoms with van der Waals surface area (Å²) in [5, 5.41) is 2.54. The van der Waals surface area contributed by atoms with Crippen molar-refractivity contribution in [2.75, 3.05) is 0 Å². The molecule has 0 saturated heterocycles. The Morgan fingerprint density at radius 2 is 1.81 bits per heavy atom. The van der Waals surface area contributed by atoms with E-state index in [0.29, 0.717) is 12.8 Å². The van der Waals surface area contributed by atoms with Crippen LogP contribution in [-0.2, 0) is 21.3 Å². The minimum atomic E-state index is -4.56. The van der Waals surface area contributed by atoms with E-state index in [1.54, 1.807) is 0 Å². The third-order valence-electron chi connectivity index (χ3n) is 4.72. The maximum absolute atomic E-state index is 12.9. The molecule has 1 fully saturated rings. The maximum Gasteiger partial charge on any atom is 0.416 e. The lowest BCUT2D eigenvalue weighted by atomic mass is 9.83. The Labute approximate surface area is 156 Å². The molecule has 3 atom stereocenters. The molecule has 0 spiro atoms. The van der Waals surface area contributed by atoms with Gasteiger partial charge in [-0.3, -0.25) is 9.59 Å². The van der Waals surface area contributed by atoms with Crippen molar-refractivity contribution in [2.24, 2.45) is 17.4 Å². The zero-order valence-electron chi connectivity index (χ0n) is 14.3. The molecule has 9 heteroatoms. The normalized spacial score (nSPS) is 22.7. The van der Waals surface area contributed by atoms with Crippen molar-refractivity contribution in [3.05, 3.63) is 35.4 Å². The molecule has 146 valence electrons. The van der Waals surface area contributed by atoms with Gasteiger partial charge >= 0.3 is 6.18 Å². The molecule has 2 amide bonds. The Morgan fingerprint density at radius 1 is 1.19 bits per heavy atom. The smallest absolute Gasteiger partial charge is 0.367 e. The first kappa shape index (κ1) is 22.2. The van der Waals surface area contributed by atoms with Gasteiger partial charge in [0.05, 0.1) is 5.56 Å². The first-order valence-corrected chi connectivity index (χ1v) is 8.09. The number of carbonyl (C=O) groups excluding carboxylic acids is 2. The lowest BCUT2D eigenvalue weighted by Crippen LogP contribution is -2.55. The van der Waals surface area contributed by atoms with Crippen molar-refractivity contribution in [1.29, 1.82) is 0 Å². The van der Waals surface area contributed by atoms with Crippen molar-refractivity contribution < 1.29 is 22.8 Å². The monoisotopic (exact) mass is 393 g/mol. The number of benzene rings is 1. The highest BCUT2D eigenvalue weighted by Crippen LogP contribution is 2.32. The summed E-state index contributed by atoms with van der Waals surface area (Å²) in [6.07, 6.45) is -1.85. The Bertz CT molecular complexity index is 669. The third-order valence-corrected chi connectivity index (χ3v) is 4.72. The molecule has 0 heterocycles. The van der Waals surface area contributed by atoms with E-state index in [0.717, 1.165) is 25.0 Å². The number of hydrogen-bond acceptors (Lipinski definition) is 3. The standard InChI is InChI=1S/C17H22F3N3O2.ClH/c1-16(15(22)25,11-5-3-6-12(9-11)17(18,19)20)23-14(24)10-4-2-7-13(21)8-10;/h3,5-6,9-10,13H,2,4,7-8,21H2,1H3,(H2,22,25)(H,23,24);1H. The number of carbonyl (C=O) groups is 2. The van der Waals surface area contributed by atoms with E-state index in [1.807, 2.05) is 0 Å². The van der Waals surface area contributed by atoms with Gasteiger partial charge in [0.25, 0.3) is 0 Å². The molecule has 1 aliphatic carbocycles. The average molecular weight is 394 g/mol. The van der Waals surface area contributed by atoms with E-state index in [4.69, 9.17) is 11.5 Å². The number of halogens is 4. The highest BCUT2D eigenvalue weighted by molar-refractivity contribution is 5.92. The van der Waals surface area contributed by atoms with Crippen molar-refractivity contribution in [1.82, 2.24) is 5.32 Å². The summed E-state index contributed by atoms with van der Waals surface area (Å²) in [6.45, 7) is 1.31. The van der Waals surface area contributed by atoms with Gasteiger partial charge in [-0.15, -0.1) is 12.4 Å². The Hall–Kier alpha value is -1.80. The quantitative estimate of drug-likeness (QED) is 0.732. The third kappa shape index (κ3) is 4.88. The number of hydrogen-bond donors (Lipinski definition) is 3. The molecule has 0 aliphatic heterocycles. The lowest BCUT2D eigenvalue weighted by Gasteiger charge is -2.32. The second kappa shape index (κ2) is 8.26. The van der Waals surface area contributed by atoms with Crippen LogP contribution >= 0.6 is 12.4 Å². The molecule has 26 heavy (non-hydrogen) atoms. The SMILES string of the molecule is CC(NC(=O)C1CCCC(N)C1)(C(N)=O)c1cccc(C(F)(F)F)c1.Cl. The van der Waals surface area contributed by atoms with Crippen LogP contribution in [0.15, 0.2) is 24.3 Å². The van der Waals surface area contributed by atoms with E-state index < -0.39 is 29.1 Å². The predicted octanol–water partition coefficient (Wildman–Crippen LogP) is 2.46. The van der Waals surface area contributed by atoms with E-state index in [1.165, 1.54) is 19.1 Å². The van der Waals surface area contributed by atoms with Crippen molar-refractivity contribution in [3.63, 3.8) is 0 Å². The van der Waals surface area contributed by atoms with Gasteiger partial charge in [0.15, 0.2) is 0 Å². The number of nitrogens with two attached hydrogens (primary N) is 2. The second-order valence-corrected chi connectivity index (χ2v) is 6.68. The van der Waals surface area contributed by atoms with Crippen LogP contribution in [0.1, 0.15) is 43.7 Å². The minimum Gasteiger partial charge on any atom is -0.367 e. The first-order chi connectivity index (χ1) is 11.5. The zero-order valence-corrected chi connectivity index (χ0v) is 15.1. The molecule has 0 radical (unpaired) electrons. The number of nitrogens with one attached hydrogen (secondary N) is 1. The number of amides is 2. The van der Waals surface area contributed by atoms with E-state index in [2.05, 4.69) is 5.32 Å². The summed E-state index contributed by atoms with van der Waals surface area (Å²) in [4.78, 5) is 24.5. The van der Waals surface area contributed by atoms with Crippen LogP contribution in [-0.4, -0.2) is 17.9 Å². The second-order valence-electron chi connectivity index (χ2n) is 6.68. The fourth-order valence-corrected chi connectivity index (χ4v) is 3.10. The summed E-state index contributed by atoms with van der Waals surface area (Å²) in [5.74, 6) is -1.73.